The van der Waals surface area contributed by atoms with Gasteiger partial charge in [-0.05, 0) is 55.8 Å². The summed E-state index contributed by atoms with van der Waals surface area (Å²) >= 11 is 0. The first-order chi connectivity index (χ1) is 7.93. The largest absolute Gasteiger partial charge is 0.381 e. The number of aryl methyl sites for hydroxylation is 1. The predicted octanol–water partition coefficient (Wildman–Crippen LogP) is 2.34. The van der Waals surface area contributed by atoms with E-state index in [2.05, 4.69) is 28.8 Å². The lowest BCUT2D eigenvalue weighted by molar-refractivity contribution is 0.683. The number of fused-ring (bicyclic) bond motifs is 1. The molecule has 0 radical (unpaired) electrons. The van der Waals surface area contributed by atoms with Gasteiger partial charge in [-0.2, -0.15) is 0 Å². The molecule has 0 saturated carbocycles. The Morgan fingerprint density at radius 3 is 3.00 bits per heavy atom. The van der Waals surface area contributed by atoms with Gasteiger partial charge < -0.3 is 10.6 Å². The third-order valence-corrected chi connectivity index (χ3v) is 3.82. The lowest BCUT2D eigenvalue weighted by Crippen LogP contribution is -2.23. The summed E-state index contributed by atoms with van der Waals surface area (Å²) in [7, 11) is 0. The molecule has 1 heterocycles. The smallest absolute Gasteiger partial charge is 0.0398 e. The first-order valence-electron chi connectivity index (χ1n) is 6.51. The summed E-state index contributed by atoms with van der Waals surface area (Å²) < 4.78 is 0. The summed E-state index contributed by atoms with van der Waals surface area (Å²) in [6.45, 7) is 2.27. The van der Waals surface area contributed by atoms with Crippen LogP contribution in [0.4, 0.5) is 5.69 Å². The van der Waals surface area contributed by atoms with Crippen LogP contribution in [0.15, 0.2) is 18.2 Å². The molecule has 2 N–H and O–H groups in total. The summed E-state index contributed by atoms with van der Waals surface area (Å²) in [6.07, 6.45) is 6.51. The van der Waals surface area contributed by atoms with Gasteiger partial charge in [0.2, 0.25) is 0 Å². The molecule has 1 aromatic rings. The van der Waals surface area contributed by atoms with Crippen molar-refractivity contribution >= 4 is 5.69 Å². The number of rotatable bonds is 2. The molecule has 1 fully saturated rings. The zero-order valence-corrected chi connectivity index (χ0v) is 9.76. The number of hydrogen-bond donors (Lipinski definition) is 2. The van der Waals surface area contributed by atoms with Gasteiger partial charge in [0.1, 0.15) is 0 Å². The molecule has 1 unspecified atom stereocenters. The molecule has 1 aromatic carbocycles. The van der Waals surface area contributed by atoms with Crippen LogP contribution >= 0.6 is 0 Å². The van der Waals surface area contributed by atoms with E-state index < -0.39 is 0 Å². The molecule has 2 heteroatoms. The van der Waals surface area contributed by atoms with Crippen molar-refractivity contribution in [3.8, 4) is 0 Å². The summed E-state index contributed by atoms with van der Waals surface area (Å²) in [6, 6.07) is 7.39. The molecule has 0 bridgehead atoms. The average Bonchev–Trinajstić information content (AvgIpc) is 2.82. The minimum absolute atomic E-state index is 0.633. The van der Waals surface area contributed by atoms with Crippen LogP contribution in [0.2, 0.25) is 0 Å². The van der Waals surface area contributed by atoms with Gasteiger partial charge in [-0.1, -0.05) is 12.1 Å². The second-order valence-corrected chi connectivity index (χ2v) is 4.98. The van der Waals surface area contributed by atoms with Crippen molar-refractivity contribution in [2.75, 3.05) is 18.4 Å². The molecular weight excluding hydrogens is 196 g/mol. The standard InChI is InChI=1S/C14H20N2/c1-2-6-13-11(4-1)5-3-7-14(13)16-12-8-9-15-10-12/h3,5,7,12,15-16H,1-2,4,6,8-10H2. The Bertz CT molecular complexity index is 367. The normalized spacial score (nSPS) is 24.1. The molecule has 0 amide bonds. The fourth-order valence-corrected chi connectivity index (χ4v) is 2.91. The third-order valence-electron chi connectivity index (χ3n) is 3.82. The molecule has 0 aromatic heterocycles. The van der Waals surface area contributed by atoms with Gasteiger partial charge in [-0.3, -0.25) is 0 Å². The van der Waals surface area contributed by atoms with Crippen molar-refractivity contribution in [3.63, 3.8) is 0 Å². The van der Waals surface area contributed by atoms with Gasteiger partial charge >= 0.3 is 0 Å². The maximum absolute atomic E-state index is 3.71. The summed E-state index contributed by atoms with van der Waals surface area (Å²) in [5.41, 5.74) is 4.55. The van der Waals surface area contributed by atoms with Crippen molar-refractivity contribution in [1.29, 1.82) is 0 Å². The van der Waals surface area contributed by atoms with E-state index in [0.29, 0.717) is 6.04 Å². The molecule has 1 saturated heterocycles. The lowest BCUT2D eigenvalue weighted by Gasteiger charge is -2.22. The Hall–Kier alpha value is -1.02. The van der Waals surface area contributed by atoms with Crippen molar-refractivity contribution in [1.82, 2.24) is 5.32 Å². The van der Waals surface area contributed by atoms with Crippen LogP contribution in [-0.4, -0.2) is 19.1 Å². The van der Waals surface area contributed by atoms with Crippen LogP contribution in [0.25, 0.3) is 0 Å². The van der Waals surface area contributed by atoms with Crippen LogP contribution in [0.5, 0.6) is 0 Å². The second-order valence-electron chi connectivity index (χ2n) is 4.98. The number of anilines is 1. The summed E-state index contributed by atoms with van der Waals surface area (Å²) in [5, 5.41) is 7.12. The molecule has 2 aliphatic rings. The number of hydrogen-bond acceptors (Lipinski definition) is 2. The molecule has 1 atom stereocenters. The maximum atomic E-state index is 3.71. The first kappa shape index (κ1) is 10.2. The Balaban J connectivity index is 1.82. The van der Waals surface area contributed by atoms with E-state index >= 15 is 0 Å². The van der Waals surface area contributed by atoms with Crippen molar-refractivity contribution in [2.24, 2.45) is 0 Å². The van der Waals surface area contributed by atoms with Crippen molar-refractivity contribution in [2.45, 2.75) is 38.1 Å². The van der Waals surface area contributed by atoms with Crippen LogP contribution in [0, 0.1) is 0 Å². The van der Waals surface area contributed by atoms with E-state index in [1.165, 1.54) is 37.8 Å². The zero-order chi connectivity index (χ0) is 10.8. The van der Waals surface area contributed by atoms with Crippen LogP contribution in [0.3, 0.4) is 0 Å². The fourth-order valence-electron chi connectivity index (χ4n) is 2.91. The average molecular weight is 216 g/mol. The Morgan fingerprint density at radius 1 is 1.19 bits per heavy atom. The molecule has 3 rings (SSSR count). The van der Waals surface area contributed by atoms with Gasteiger partial charge in [0.05, 0.1) is 0 Å². The minimum Gasteiger partial charge on any atom is -0.381 e. The van der Waals surface area contributed by atoms with Crippen LogP contribution in [-0.2, 0) is 12.8 Å². The van der Waals surface area contributed by atoms with Crippen LogP contribution in [0.1, 0.15) is 30.4 Å². The topological polar surface area (TPSA) is 24.1 Å². The Labute approximate surface area is 97.4 Å². The van der Waals surface area contributed by atoms with Crippen molar-refractivity contribution in [3.05, 3.63) is 29.3 Å². The van der Waals surface area contributed by atoms with Gasteiger partial charge in [-0.25, -0.2) is 0 Å². The highest BCUT2D eigenvalue weighted by molar-refractivity contribution is 5.56. The van der Waals surface area contributed by atoms with E-state index in [0.717, 1.165) is 13.1 Å². The maximum Gasteiger partial charge on any atom is 0.0398 e. The zero-order valence-electron chi connectivity index (χ0n) is 9.76. The number of nitrogens with one attached hydrogen (secondary N) is 2. The molecular formula is C14H20N2. The van der Waals surface area contributed by atoms with E-state index in [4.69, 9.17) is 0 Å². The molecule has 0 spiro atoms. The molecule has 1 aliphatic carbocycles. The van der Waals surface area contributed by atoms with Gasteiger partial charge in [-0.15, -0.1) is 0 Å². The molecule has 2 nitrogen and oxygen atoms in total. The first-order valence-corrected chi connectivity index (χ1v) is 6.51. The van der Waals surface area contributed by atoms with E-state index in [-0.39, 0.29) is 0 Å². The monoisotopic (exact) mass is 216 g/mol. The van der Waals surface area contributed by atoms with Gasteiger partial charge in [0.25, 0.3) is 0 Å². The fraction of sp³-hybridized carbons (Fsp3) is 0.571. The minimum atomic E-state index is 0.633. The Kier molecular flexibility index (Phi) is 2.83. The highest BCUT2D eigenvalue weighted by Gasteiger charge is 2.17. The molecule has 86 valence electrons. The second kappa shape index (κ2) is 4.46. The van der Waals surface area contributed by atoms with Crippen LogP contribution < -0.4 is 10.6 Å². The molecule has 1 aliphatic heterocycles. The molecule has 16 heavy (non-hydrogen) atoms. The lowest BCUT2D eigenvalue weighted by atomic mass is 9.90. The van der Waals surface area contributed by atoms with Crippen molar-refractivity contribution < 1.29 is 0 Å². The highest BCUT2D eigenvalue weighted by Crippen LogP contribution is 2.28. The van der Waals surface area contributed by atoms with E-state index in [1.807, 2.05) is 0 Å². The highest BCUT2D eigenvalue weighted by atomic mass is 15.0. The van der Waals surface area contributed by atoms with E-state index in [1.54, 1.807) is 11.1 Å². The quantitative estimate of drug-likeness (QED) is 0.793. The van der Waals surface area contributed by atoms with E-state index in [9.17, 15) is 0 Å². The summed E-state index contributed by atoms with van der Waals surface area (Å²) in [5.74, 6) is 0. The Morgan fingerprint density at radius 2 is 2.12 bits per heavy atom. The number of benzene rings is 1. The van der Waals surface area contributed by atoms with Gasteiger partial charge in [0.15, 0.2) is 0 Å². The van der Waals surface area contributed by atoms with Gasteiger partial charge in [0, 0.05) is 18.3 Å². The predicted molar refractivity (Wildman–Crippen MR) is 68.0 cm³/mol. The third kappa shape index (κ3) is 1.94. The SMILES string of the molecule is c1cc2c(c(NC3CCNC3)c1)CCCC2. The summed E-state index contributed by atoms with van der Waals surface area (Å²) in [4.78, 5) is 0.